The molecule has 0 fully saturated rings. The van der Waals surface area contributed by atoms with Crippen LogP contribution in [-0.4, -0.2) is 18.2 Å². The van der Waals surface area contributed by atoms with Crippen LogP contribution in [0.3, 0.4) is 0 Å². The van der Waals surface area contributed by atoms with Gasteiger partial charge < -0.3 is 0 Å². The number of aromatic nitrogens is 2. The van der Waals surface area contributed by atoms with Crippen molar-refractivity contribution >= 4 is 27.3 Å². The van der Waals surface area contributed by atoms with E-state index in [1.54, 1.807) is 37.4 Å². The van der Waals surface area contributed by atoms with E-state index in [0.29, 0.717) is 11.6 Å². The van der Waals surface area contributed by atoms with Crippen molar-refractivity contribution in [2.24, 2.45) is 7.05 Å². The van der Waals surface area contributed by atoms with Crippen LogP contribution in [-0.2, 0) is 23.2 Å². The zero-order valence-corrected chi connectivity index (χ0v) is 15.4. The van der Waals surface area contributed by atoms with Gasteiger partial charge in [0.2, 0.25) is 0 Å². The summed E-state index contributed by atoms with van der Waals surface area (Å²) < 4.78 is 67.8. The van der Waals surface area contributed by atoms with Gasteiger partial charge in [-0.15, -0.1) is 0 Å². The second kappa shape index (κ2) is 6.90. The van der Waals surface area contributed by atoms with E-state index in [1.165, 1.54) is 10.9 Å². The van der Waals surface area contributed by atoms with Crippen molar-refractivity contribution in [1.82, 2.24) is 9.78 Å². The van der Waals surface area contributed by atoms with Crippen molar-refractivity contribution in [3.8, 4) is 11.3 Å². The van der Waals surface area contributed by atoms with Gasteiger partial charge in [0.25, 0.3) is 10.0 Å². The maximum Gasteiger partial charge on any atom is 0.416 e. The number of halogens is 4. The first-order chi connectivity index (χ1) is 12.6. The summed E-state index contributed by atoms with van der Waals surface area (Å²) in [7, 11) is -2.70. The molecule has 1 aromatic heterocycles. The maximum absolute atomic E-state index is 12.9. The van der Waals surface area contributed by atoms with Crippen LogP contribution in [0.25, 0.3) is 11.3 Å². The molecule has 0 saturated carbocycles. The van der Waals surface area contributed by atoms with Crippen LogP contribution >= 0.6 is 11.6 Å². The highest BCUT2D eigenvalue weighted by Gasteiger charge is 2.32. The molecule has 1 heterocycles. The van der Waals surface area contributed by atoms with E-state index in [2.05, 4.69) is 9.82 Å². The lowest BCUT2D eigenvalue weighted by atomic mass is 10.2. The first-order valence-electron chi connectivity index (χ1n) is 7.56. The Labute approximate surface area is 158 Å². The van der Waals surface area contributed by atoms with Gasteiger partial charge in [-0.1, -0.05) is 41.9 Å². The van der Waals surface area contributed by atoms with E-state index in [1.807, 2.05) is 0 Å². The normalized spacial score (nSPS) is 12.2. The van der Waals surface area contributed by atoms with Crippen molar-refractivity contribution < 1.29 is 21.6 Å². The van der Waals surface area contributed by atoms with Crippen LogP contribution in [0.15, 0.2) is 59.6 Å². The van der Waals surface area contributed by atoms with Crippen molar-refractivity contribution in [2.75, 3.05) is 4.72 Å². The third-order valence-corrected chi connectivity index (χ3v) is 5.37. The average molecular weight is 416 g/mol. The molecule has 0 bridgehead atoms. The maximum atomic E-state index is 12.9. The minimum atomic E-state index is -4.63. The molecule has 10 heteroatoms. The Kier molecular flexibility index (Phi) is 4.92. The SMILES string of the molecule is Cn1cc(S(=O)(=O)Nc2cc(C(F)(F)F)ccc2Cl)c(-c2ccccc2)n1. The highest BCUT2D eigenvalue weighted by molar-refractivity contribution is 7.92. The highest BCUT2D eigenvalue weighted by Crippen LogP contribution is 2.35. The first-order valence-corrected chi connectivity index (χ1v) is 9.43. The predicted molar refractivity (Wildman–Crippen MR) is 95.9 cm³/mol. The number of sulfonamides is 1. The Morgan fingerprint density at radius 2 is 1.78 bits per heavy atom. The van der Waals surface area contributed by atoms with Crippen LogP contribution in [0.5, 0.6) is 0 Å². The van der Waals surface area contributed by atoms with Gasteiger partial charge in [-0.3, -0.25) is 9.40 Å². The zero-order valence-electron chi connectivity index (χ0n) is 13.8. The fourth-order valence-corrected chi connectivity index (χ4v) is 3.93. The molecule has 2 aromatic carbocycles. The molecule has 27 heavy (non-hydrogen) atoms. The lowest BCUT2D eigenvalue weighted by Gasteiger charge is -2.13. The zero-order chi connectivity index (χ0) is 19.8. The summed E-state index contributed by atoms with van der Waals surface area (Å²) >= 11 is 5.89. The van der Waals surface area contributed by atoms with Gasteiger partial charge in [0.05, 0.1) is 16.3 Å². The molecule has 0 atom stereocenters. The molecular formula is C17H13ClF3N3O2S. The molecule has 0 spiro atoms. The van der Waals surface area contributed by atoms with Crippen LogP contribution in [0, 0.1) is 0 Å². The lowest BCUT2D eigenvalue weighted by Crippen LogP contribution is -2.15. The number of nitrogens with zero attached hydrogens (tertiary/aromatic N) is 2. The van der Waals surface area contributed by atoms with E-state index in [4.69, 9.17) is 11.6 Å². The van der Waals surface area contributed by atoms with Crippen molar-refractivity contribution in [3.63, 3.8) is 0 Å². The van der Waals surface area contributed by atoms with E-state index < -0.39 is 21.8 Å². The number of hydrogen-bond donors (Lipinski definition) is 1. The topological polar surface area (TPSA) is 64.0 Å². The van der Waals surface area contributed by atoms with E-state index >= 15 is 0 Å². The molecule has 142 valence electrons. The second-order valence-electron chi connectivity index (χ2n) is 5.68. The Bertz CT molecular complexity index is 1080. The molecule has 0 radical (unpaired) electrons. The predicted octanol–water partition coefficient (Wildman–Crippen LogP) is 4.56. The highest BCUT2D eigenvalue weighted by atomic mass is 35.5. The van der Waals surface area contributed by atoms with Gasteiger partial charge in [0.1, 0.15) is 10.6 Å². The third-order valence-electron chi connectivity index (χ3n) is 3.67. The van der Waals surface area contributed by atoms with Gasteiger partial charge in [-0.05, 0) is 18.2 Å². The van der Waals surface area contributed by atoms with Gasteiger partial charge in [0, 0.05) is 18.8 Å². The molecule has 0 aliphatic rings. The summed E-state index contributed by atoms with van der Waals surface area (Å²) in [5, 5.41) is 4.00. The Morgan fingerprint density at radius 3 is 2.41 bits per heavy atom. The van der Waals surface area contributed by atoms with Crippen LogP contribution in [0.4, 0.5) is 18.9 Å². The first kappa shape index (κ1) is 19.2. The van der Waals surface area contributed by atoms with Gasteiger partial charge in [-0.25, -0.2) is 8.42 Å². The van der Waals surface area contributed by atoms with Crippen LogP contribution in [0.1, 0.15) is 5.56 Å². The fraction of sp³-hybridized carbons (Fsp3) is 0.118. The van der Waals surface area contributed by atoms with E-state index in [-0.39, 0.29) is 21.3 Å². The summed E-state index contributed by atoms with van der Waals surface area (Å²) in [4.78, 5) is -0.176. The van der Waals surface area contributed by atoms with Gasteiger partial charge >= 0.3 is 6.18 Å². The molecule has 3 aromatic rings. The summed E-state index contributed by atoms with van der Waals surface area (Å²) in [6.45, 7) is 0. The molecule has 0 unspecified atom stereocenters. The van der Waals surface area contributed by atoms with Crippen LogP contribution < -0.4 is 4.72 Å². The quantitative estimate of drug-likeness (QED) is 0.679. The molecule has 3 rings (SSSR count). The number of nitrogens with one attached hydrogen (secondary N) is 1. The minimum absolute atomic E-state index is 0.156. The summed E-state index contributed by atoms with van der Waals surface area (Å²) in [6, 6.07) is 11.0. The molecule has 0 aliphatic heterocycles. The standard InChI is InChI=1S/C17H13ClF3N3O2S/c1-24-10-15(16(22-24)11-5-3-2-4-6-11)27(25,26)23-14-9-12(17(19,20)21)7-8-13(14)18/h2-10,23H,1H3. The van der Waals surface area contributed by atoms with Crippen molar-refractivity contribution in [2.45, 2.75) is 11.1 Å². The Balaban J connectivity index is 2.05. The summed E-state index contributed by atoms with van der Waals surface area (Å²) in [5.74, 6) is 0. The van der Waals surface area contributed by atoms with Crippen molar-refractivity contribution in [3.05, 3.63) is 65.3 Å². The Morgan fingerprint density at radius 1 is 1.11 bits per heavy atom. The lowest BCUT2D eigenvalue weighted by molar-refractivity contribution is -0.137. The third kappa shape index (κ3) is 4.09. The fourth-order valence-electron chi connectivity index (χ4n) is 2.44. The number of hydrogen-bond acceptors (Lipinski definition) is 3. The van der Waals surface area contributed by atoms with Crippen molar-refractivity contribution in [1.29, 1.82) is 0 Å². The summed E-state index contributed by atoms with van der Waals surface area (Å²) in [6.07, 6.45) is -3.36. The number of benzene rings is 2. The number of alkyl halides is 3. The van der Waals surface area contributed by atoms with Crippen LogP contribution in [0.2, 0.25) is 5.02 Å². The molecule has 5 nitrogen and oxygen atoms in total. The smallest absolute Gasteiger partial charge is 0.278 e. The molecule has 0 aliphatic carbocycles. The van der Waals surface area contributed by atoms with E-state index in [9.17, 15) is 21.6 Å². The second-order valence-corrected chi connectivity index (χ2v) is 7.74. The average Bonchev–Trinajstić information content (AvgIpc) is 2.99. The monoisotopic (exact) mass is 415 g/mol. The largest absolute Gasteiger partial charge is 0.416 e. The molecule has 1 N–H and O–H groups in total. The number of aryl methyl sites for hydroxylation is 1. The number of rotatable bonds is 4. The van der Waals surface area contributed by atoms with Gasteiger partial charge in [0.15, 0.2) is 0 Å². The Hall–Kier alpha value is -2.52. The number of anilines is 1. The molecule has 0 saturated heterocycles. The van der Waals surface area contributed by atoms with Gasteiger partial charge in [-0.2, -0.15) is 18.3 Å². The molecular weight excluding hydrogens is 403 g/mol. The minimum Gasteiger partial charge on any atom is -0.278 e. The summed E-state index contributed by atoms with van der Waals surface area (Å²) in [5.41, 5.74) is -0.657. The molecule has 0 amide bonds. The van der Waals surface area contributed by atoms with E-state index in [0.717, 1.165) is 12.1 Å².